The van der Waals surface area contributed by atoms with Crippen LogP contribution >= 0.6 is 0 Å². The van der Waals surface area contributed by atoms with Crippen LogP contribution in [0.1, 0.15) is 39.7 Å². The summed E-state index contributed by atoms with van der Waals surface area (Å²) in [5.41, 5.74) is 2.51. The molecule has 0 radical (unpaired) electrons. The number of carbonyl (C=O) groups excluding carboxylic acids is 1. The molecule has 2 heterocycles. The van der Waals surface area contributed by atoms with E-state index in [2.05, 4.69) is 16.0 Å². The Morgan fingerprint density at radius 3 is 2.60 bits per heavy atom. The van der Waals surface area contributed by atoms with Crippen LogP contribution in [-0.4, -0.2) is 46.9 Å². The minimum absolute atomic E-state index is 0.0710. The molecule has 1 aromatic heterocycles. The van der Waals surface area contributed by atoms with Gasteiger partial charge in [-0.05, 0) is 31.0 Å². The van der Waals surface area contributed by atoms with E-state index in [1.165, 1.54) is 5.56 Å². The van der Waals surface area contributed by atoms with Crippen LogP contribution in [0.15, 0.2) is 28.7 Å². The Morgan fingerprint density at radius 1 is 1.20 bits per heavy atom. The van der Waals surface area contributed by atoms with Crippen molar-refractivity contribution in [3.8, 4) is 6.07 Å². The summed E-state index contributed by atoms with van der Waals surface area (Å²) in [6.07, 6.45) is 0.925. The first kappa shape index (κ1) is 17.2. The van der Waals surface area contributed by atoms with Crippen LogP contribution in [0.3, 0.4) is 0 Å². The standard InChI is InChI=1S/C19H22N4O2/c1-14-18(25-15(2)21-14)19(24)23-9-3-8-22(10-11-23)13-17-6-4-16(12-20)5-7-17/h4-7H,3,8-11,13H2,1-2H3. The Labute approximate surface area is 147 Å². The van der Waals surface area contributed by atoms with E-state index in [0.29, 0.717) is 29.5 Å². The summed E-state index contributed by atoms with van der Waals surface area (Å²) in [4.78, 5) is 21.0. The lowest BCUT2D eigenvalue weighted by Gasteiger charge is -2.21. The van der Waals surface area contributed by atoms with Crippen LogP contribution in [0.5, 0.6) is 0 Å². The van der Waals surface area contributed by atoms with Crippen molar-refractivity contribution in [1.29, 1.82) is 5.26 Å². The largest absolute Gasteiger partial charge is 0.436 e. The SMILES string of the molecule is Cc1nc(C)c(C(=O)N2CCCN(Cc3ccc(C#N)cc3)CC2)o1. The molecule has 0 N–H and O–H groups in total. The number of benzene rings is 1. The molecule has 0 saturated carbocycles. The molecule has 0 bridgehead atoms. The summed E-state index contributed by atoms with van der Waals surface area (Å²) < 4.78 is 5.47. The van der Waals surface area contributed by atoms with E-state index in [1.807, 2.05) is 29.2 Å². The molecule has 1 fully saturated rings. The van der Waals surface area contributed by atoms with Crippen molar-refractivity contribution in [3.05, 3.63) is 52.7 Å². The zero-order valence-electron chi connectivity index (χ0n) is 14.7. The summed E-state index contributed by atoms with van der Waals surface area (Å²) in [6.45, 7) is 7.55. The fourth-order valence-electron chi connectivity index (χ4n) is 3.15. The van der Waals surface area contributed by atoms with E-state index in [0.717, 1.165) is 32.6 Å². The van der Waals surface area contributed by atoms with E-state index in [4.69, 9.17) is 9.68 Å². The summed E-state index contributed by atoms with van der Waals surface area (Å²) in [6, 6.07) is 9.81. The normalized spacial score (nSPS) is 15.6. The number of aromatic nitrogens is 1. The van der Waals surface area contributed by atoms with Gasteiger partial charge >= 0.3 is 0 Å². The van der Waals surface area contributed by atoms with Gasteiger partial charge in [-0.3, -0.25) is 9.69 Å². The second-order valence-corrected chi connectivity index (χ2v) is 6.38. The molecular weight excluding hydrogens is 316 g/mol. The minimum atomic E-state index is -0.0710. The quantitative estimate of drug-likeness (QED) is 0.860. The molecule has 0 spiro atoms. The highest BCUT2D eigenvalue weighted by molar-refractivity contribution is 5.92. The Balaban J connectivity index is 1.61. The summed E-state index contributed by atoms with van der Waals surface area (Å²) in [5.74, 6) is 0.814. The van der Waals surface area contributed by atoms with Gasteiger partial charge in [-0.25, -0.2) is 4.98 Å². The van der Waals surface area contributed by atoms with Crippen molar-refractivity contribution in [3.63, 3.8) is 0 Å². The predicted molar refractivity (Wildman–Crippen MR) is 92.9 cm³/mol. The van der Waals surface area contributed by atoms with E-state index < -0.39 is 0 Å². The first-order valence-corrected chi connectivity index (χ1v) is 8.51. The summed E-state index contributed by atoms with van der Waals surface area (Å²) >= 11 is 0. The fraction of sp³-hybridized carbons (Fsp3) is 0.421. The number of amides is 1. The van der Waals surface area contributed by atoms with Gasteiger partial charge in [-0.15, -0.1) is 0 Å². The van der Waals surface area contributed by atoms with Crippen LogP contribution in [0.2, 0.25) is 0 Å². The maximum atomic E-state index is 12.7. The van der Waals surface area contributed by atoms with Crippen molar-refractivity contribution >= 4 is 5.91 Å². The van der Waals surface area contributed by atoms with E-state index in [-0.39, 0.29) is 5.91 Å². The van der Waals surface area contributed by atoms with Gasteiger partial charge < -0.3 is 9.32 Å². The maximum absolute atomic E-state index is 12.7. The smallest absolute Gasteiger partial charge is 0.291 e. The minimum Gasteiger partial charge on any atom is -0.436 e. The molecule has 2 aromatic rings. The number of hydrogen-bond donors (Lipinski definition) is 0. The molecule has 0 unspecified atom stereocenters. The molecule has 0 aliphatic carbocycles. The number of nitriles is 1. The lowest BCUT2D eigenvalue weighted by molar-refractivity contribution is 0.0727. The van der Waals surface area contributed by atoms with E-state index >= 15 is 0 Å². The van der Waals surface area contributed by atoms with Crippen molar-refractivity contribution in [2.24, 2.45) is 0 Å². The molecule has 3 rings (SSSR count). The average molecular weight is 338 g/mol. The van der Waals surface area contributed by atoms with Crippen molar-refractivity contribution < 1.29 is 9.21 Å². The Hall–Kier alpha value is -2.65. The van der Waals surface area contributed by atoms with Crippen molar-refractivity contribution in [1.82, 2.24) is 14.8 Å². The van der Waals surface area contributed by atoms with Gasteiger partial charge in [-0.2, -0.15) is 5.26 Å². The molecular formula is C19H22N4O2. The number of oxazole rings is 1. The number of aryl methyl sites for hydroxylation is 2. The molecule has 1 aliphatic heterocycles. The molecule has 1 amide bonds. The predicted octanol–water partition coefficient (Wildman–Crippen LogP) is 2.51. The highest BCUT2D eigenvalue weighted by Gasteiger charge is 2.24. The number of hydrogen-bond acceptors (Lipinski definition) is 5. The Bertz CT molecular complexity index is 789. The number of rotatable bonds is 3. The summed E-state index contributed by atoms with van der Waals surface area (Å²) in [5, 5.41) is 8.87. The van der Waals surface area contributed by atoms with Crippen molar-refractivity contribution in [2.75, 3.05) is 26.2 Å². The van der Waals surface area contributed by atoms with Crippen LogP contribution in [0.4, 0.5) is 0 Å². The van der Waals surface area contributed by atoms with Gasteiger partial charge in [0.2, 0.25) is 5.76 Å². The van der Waals surface area contributed by atoms with Crippen LogP contribution in [0, 0.1) is 25.2 Å². The monoisotopic (exact) mass is 338 g/mol. The third-order valence-corrected chi connectivity index (χ3v) is 4.46. The highest BCUT2D eigenvalue weighted by atomic mass is 16.4. The van der Waals surface area contributed by atoms with Gasteiger partial charge in [0, 0.05) is 39.6 Å². The molecule has 1 aromatic carbocycles. The van der Waals surface area contributed by atoms with Crippen LogP contribution in [0.25, 0.3) is 0 Å². The second kappa shape index (κ2) is 7.49. The maximum Gasteiger partial charge on any atom is 0.291 e. The van der Waals surface area contributed by atoms with Crippen LogP contribution in [-0.2, 0) is 6.54 Å². The Morgan fingerprint density at radius 2 is 1.96 bits per heavy atom. The fourth-order valence-corrected chi connectivity index (χ4v) is 3.15. The molecule has 130 valence electrons. The number of carbonyl (C=O) groups is 1. The topological polar surface area (TPSA) is 73.4 Å². The number of nitrogens with zero attached hydrogens (tertiary/aromatic N) is 4. The summed E-state index contributed by atoms with van der Waals surface area (Å²) in [7, 11) is 0. The van der Waals surface area contributed by atoms with Crippen LogP contribution < -0.4 is 0 Å². The lowest BCUT2D eigenvalue weighted by atomic mass is 10.1. The molecule has 6 nitrogen and oxygen atoms in total. The zero-order valence-corrected chi connectivity index (χ0v) is 14.7. The molecule has 25 heavy (non-hydrogen) atoms. The van der Waals surface area contributed by atoms with E-state index in [9.17, 15) is 4.79 Å². The second-order valence-electron chi connectivity index (χ2n) is 6.38. The third-order valence-electron chi connectivity index (χ3n) is 4.46. The van der Waals surface area contributed by atoms with Gasteiger partial charge in [-0.1, -0.05) is 12.1 Å². The Kier molecular flexibility index (Phi) is 5.15. The first-order chi connectivity index (χ1) is 12.1. The van der Waals surface area contributed by atoms with Gasteiger partial charge in [0.25, 0.3) is 5.91 Å². The molecule has 6 heteroatoms. The van der Waals surface area contributed by atoms with Gasteiger partial charge in [0.15, 0.2) is 5.89 Å². The molecule has 1 saturated heterocycles. The zero-order chi connectivity index (χ0) is 17.8. The van der Waals surface area contributed by atoms with Crippen molar-refractivity contribution in [2.45, 2.75) is 26.8 Å². The molecule has 0 atom stereocenters. The van der Waals surface area contributed by atoms with E-state index in [1.54, 1.807) is 13.8 Å². The van der Waals surface area contributed by atoms with Gasteiger partial charge in [0.05, 0.1) is 17.3 Å². The van der Waals surface area contributed by atoms with Gasteiger partial charge in [0.1, 0.15) is 0 Å². The lowest BCUT2D eigenvalue weighted by Crippen LogP contribution is -2.35. The average Bonchev–Trinajstić information content (AvgIpc) is 2.81. The third kappa shape index (κ3) is 4.06. The highest BCUT2D eigenvalue weighted by Crippen LogP contribution is 2.15. The molecule has 1 aliphatic rings. The first-order valence-electron chi connectivity index (χ1n) is 8.51.